The molecule has 0 atom stereocenters. The van der Waals surface area contributed by atoms with Crippen LogP contribution < -0.4 is 4.74 Å². The molecule has 0 aliphatic carbocycles. The summed E-state index contributed by atoms with van der Waals surface area (Å²) in [4.78, 5) is 4.88. The number of benzene rings is 3. The van der Waals surface area contributed by atoms with Crippen LogP contribution in [0.2, 0.25) is 5.02 Å². The van der Waals surface area contributed by atoms with Gasteiger partial charge in [-0.15, -0.1) is 0 Å². The van der Waals surface area contributed by atoms with Crippen molar-refractivity contribution in [3.05, 3.63) is 81.3 Å². The minimum Gasteiger partial charge on any atom is -0.494 e. The lowest BCUT2D eigenvalue weighted by atomic mass is 10.1. The van der Waals surface area contributed by atoms with E-state index in [9.17, 15) is 0 Å². The zero-order valence-electron chi connectivity index (χ0n) is 16.5. The van der Waals surface area contributed by atoms with Gasteiger partial charge in [0.1, 0.15) is 11.6 Å². The quantitative estimate of drug-likeness (QED) is 0.279. The molecule has 1 heterocycles. The molecule has 0 unspecified atom stereocenters. The molecule has 4 rings (SSSR count). The van der Waals surface area contributed by atoms with Crippen molar-refractivity contribution < 1.29 is 4.74 Å². The van der Waals surface area contributed by atoms with E-state index in [1.165, 1.54) is 0 Å². The van der Waals surface area contributed by atoms with Crippen molar-refractivity contribution in [2.45, 2.75) is 26.8 Å². The molecule has 0 saturated carbocycles. The molecular formula is C24H22BrClN2O. The third kappa shape index (κ3) is 4.34. The standard InChI is InChI=1S/C24H22BrClN2O/c1-16-13-20(14-17(2)23(16)26)29-12-6-11-28-22-10-4-3-9-21(22)27-24(28)18-7-5-8-19(25)15-18/h3-5,7-10,13-15H,6,11-12H2,1-2H3. The average Bonchev–Trinajstić information content (AvgIpc) is 3.08. The molecule has 0 amide bonds. The highest BCUT2D eigenvalue weighted by molar-refractivity contribution is 9.10. The minimum atomic E-state index is 0.630. The number of imidazole rings is 1. The second kappa shape index (κ2) is 8.60. The van der Waals surface area contributed by atoms with Crippen molar-refractivity contribution in [3.8, 4) is 17.1 Å². The first-order chi connectivity index (χ1) is 14.0. The number of aromatic nitrogens is 2. The maximum Gasteiger partial charge on any atom is 0.141 e. The van der Waals surface area contributed by atoms with Crippen molar-refractivity contribution in [1.82, 2.24) is 9.55 Å². The number of halogens is 2. The van der Waals surface area contributed by atoms with E-state index >= 15 is 0 Å². The second-order valence-corrected chi connectivity index (χ2v) is 8.45. The molecular weight excluding hydrogens is 448 g/mol. The van der Waals surface area contributed by atoms with E-state index in [0.717, 1.165) is 61.8 Å². The molecule has 29 heavy (non-hydrogen) atoms. The molecule has 3 nitrogen and oxygen atoms in total. The molecule has 0 saturated heterocycles. The van der Waals surface area contributed by atoms with Gasteiger partial charge in [-0.2, -0.15) is 0 Å². The smallest absolute Gasteiger partial charge is 0.141 e. The monoisotopic (exact) mass is 468 g/mol. The summed E-state index contributed by atoms with van der Waals surface area (Å²) in [6, 6.07) is 20.5. The van der Waals surface area contributed by atoms with Crippen LogP contribution in [0.25, 0.3) is 22.4 Å². The lowest BCUT2D eigenvalue weighted by Crippen LogP contribution is -2.06. The largest absolute Gasteiger partial charge is 0.494 e. The molecule has 1 aromatic heterocycles. The number of para-hydroxylation sites is 2. The molecule has 0 aliphatic rings. The number of ether oxygens (including phenoxy) is 1. The number of aryl methyl sites for hydroxylation is 3. The van der Waals surface area contributed by atoms with Gasteiger partial charge in [0.05, 0.1) is 17.6 Å². The minimum absolute atomic E-state index is 0.630. The molecule has 5 heteroatoms. The molecule has 148 valence electrons. The summed E-state index contributed by atoms with van der Waals surface area (Å²) in [5.41, 5.74) is 5.33. The number of hydrogen-bond donors (Lipinski definition) is 0. The van der Waals surface area contributed by atoms with E-state index < -0.39 is 0 Å². The fraction of sp³-hybridized carbons (Fsp3) is 0.208. The normalized spacial score (nSPS) is 11.2. The maximum atomic E-state index is 6.25. The fourth-order valence-electron chi connectivity index (χ4n) is 3.55. The first kappa shape index (κ1) is 20.0. The lowest BCUT2D eigenvalue weighted by molar-refractivity contribution is 0.302. The topological polar surface area (TPSA) is 27.1 Å². The van der Waals surface area contributed by atoms with E-state index in [1.807, 2.05) is 44.2 Å². The fourth-order valence-corrected chi connectivity index (χ4v) is 4.06. The van der Waals surface area contributed by atoms with Crippen LogP contribution >= 0.6 is 27.5 Å². The molecule has 0 fully saturated rings. The zero-order valence-corrected chi connectivity index (χ0v) is 18.8. The first-order valence-corrected chi connectivity index (χ1v) is 10.8. The Morgan fingerprint density at radius 1 is 1.00 bits per heavy atom. The molecule has 4 aromatic rings. The third-order valence-electron chi connectivity index (χ3n) is 4.94. The number of hydrogen-bond acceptors (Lipinski definition) is 2. The number of fused-ring (bicyclic) bond motifs is 1. The van der Waals surface area contributed by atoms with Gasteiger partial charge in [-0.1, -0.05) is 51.8 Å². The molecule has 3 aromatic carbocycles. The van der Waals surface area contributed by atoms with Crippen LogP contribution in [-0.2, 0) is 6.54 Å². The van der Waals surface area contributed by atoms with Crippen molar-refractivity contribution in [2.24, 2.45) is 0 Å². The van der Waals surface area contributed by atoms with Gasteiger partial charge in [0.25, 0.3) is 0 Å². The van der Waals surface area contributed by atoms with E-state index in [0.29, 0.717) is 6.61 Å². The Kier molecular flexibility index (Phi) is 5.93. The van der Waals surface area contributed by atoms with Crippen LogP contribution in [0.1, 0.15) is 17.5 Å². The lowest BCUT2D eigenvalue weighted by Gasteiger charge is -2.12. The van der Waals surface area contributed by atoms with Gasteiger partial charge in [0.15, 0.2) is 0 Å². The van der Waals surface area contributed by atoms with E-state index in [-0.39, 0.29) is 0 Å². The Hall–Kier alpha value is -2.30. The molecule has 0 bridgehead atoms. The highest BCUT2D eigenvalue weighted by Gasteiger charge is 2.12. The molecule has 0 N–H and O–H groups in total. The van der Waals surface area contributed by atoms with Crippen molar-refractivity contribution >= 4 is 38.6 Å². The van der Waals surface area contributed by atoms with E-state index in [2.05, 4.69) is 50.8 Å². The van der Waals surface area contributed by atoms with Gasteiger partial charge in [-0.3, -0.25) is 0 Å². The van der Waals surface area contributed by atoms with Crippen LogP contribution in [-0.4, -0.2) is 16.2 Å². The van der Waals surface area contributed by atoms with Gasteiger partial charge >= 0.3 is 0 Å². The molecule has 0 spiro atoms. The van der Waals surface area contributed by atoms with E-state index in [4.69, 9.17) is 21.3 Å². The van der Waals surface area contributed by atoms with Crippen LogP contribution in [0.4, 0.5) is 0 Å². The SMILES string of the molecule is Cc1cc(OCCCn2c(-c3cccc(Br)c3)nc3ccccc32)cc(C)c1Cl. The highest BCUT2D eigenvalue weighted by Crippen LogP contribution is 2.28. The van der Waals surface area contributed by atoms with Crippen LogP contribution in [0.15, 0.2) is 65.1 Å². The maximum absolute atomic E-state index is 6.25. The van der Waals surface area contributed by atoms with E-state index in [1.54, 1.807) is 0 Å². The summed E-state index contributed by atoms with van der Waals surface area (Å²) >= 11 is 9.82. The van der Waals surface area contributed by atoms with Gasteiger partial charge in [-0.25, -0.2) is 4.98 Å². The van der Waals surface area contributed by atoms with Crippen LogP contribution in [0.3, 0.4) is 0 Å². The summed E-state index contributed by atoms with van der Waals surface area (Å²) in [6.07, 6.45) is 0.877. The van der Waals surface area contributed by atoms with Gasteiger partial charge < -0.3 is 9.30 Å². The number of nitrogens with zero attached hydrogens (tertiary/aromatic N) is 2. The predicted octanol–water partition coefficient (Wildman–Crippen LogP) is 7.21. The Morgan fingerprint density at radius 2 is 1.76 bits per heavy atom. The molecule has 0 aliphatic heterocycles. The first-order valence-electron chi connectivity index (χ1n) is 9.63. The van der Waals surface area contributed by atoms with Crippen molar-refractivity contribution in [1.29, 1.82) is 0 Å². The summed E-state index contributed by atoms with van der Waals surface area (Å²) in [5, 5.41) is 0.806. The van der Waals surface area contributed by atoms with Gasteiger partial charge in [-0.05, 0) is 67.8 Å². The Balaban J connectivity index is 1.54. The van der Waals surface area contributed by atoms with Crippen molar-refractivity contribution in [2.75, 3.05) is 6.61 Å². The molecule has 0 radical (unpaired) electrons. The predicted molar refractivity (Wildman–Crippen MR) is 124 cm³/mol. The summed E-state index contributed by atoms with van der Waals surface area (Å²) in [5.74, 6) is 1.85. The zero-order chi connectivity index (χ0) is 20.4. The summed E-state index contributed by atoms with van der Waals surface area (Å²) in [6.45, 7) is 5.47. The summed E-state index contributed by atoms with van der Waals surface area (Å²) in [7, 11) is 0. The summed E-state index contributed by atoms with van der Waals surface area (Å²) < 4.78 is 9.32. The van der Waals surface area contributed by atoms with Crippen molar-refractivity contribution in [3.63, 3.8) is 0 Å². The van der Waals surface area contributed by atoms with Crippen LogP contribution in [0, 0.1) is 13.8 Å². The Bertz CT molecular complexity index is 1150. The third-order valence-corrected chi connectivity index (χ3v) is 6.03. The average molecular weight is 470 g/mol. The second-order valence-electron chi connectivity index (χ2n) is 7.16. The van der Waals surface area contributed by atoms with Gasteiger partial charge in [0.2, 0.25) is 0 Å². The Labute approximate surface area is 184 Å². The Morgan fingerprint density at radius 3 is 2.52 bits per heavy atom. The van der Waals surface area contributed by atoms with Gasteiger partial charge in [0, 0.05) is 21.6 Å². The number of rotatable bonds is 6. The van der Waals surface area contributed by atoms with Crippen LogP contribution in [0.5, 0.6) is 5.75 Å². The highest BCUT2D eigenvalue weighted by atomic mass is 79.9.